The molecule has 0 radical (unpaired) electrons. The molecular formula is C12H13ClN2O2. The summed E-state index contributed by atoms with van der Waals surface area (Å²) >= 11 is 6.03. The third-order valence-electron chi connectivity index (χ3n) is 2.84. The van der Waals surface area contributed by atoms with Gasteiger partial charge in [-0.05, 0) is 24.6 Å². The van der Waals surface area contributed by atoms with Gasteiger partial charge in [-0.3, -0.25) is 4.79 Å². The minimum absolute atomic E-state index is 0.0844. The van der Waals surface area contributed by atoms with Crippen molar-refractivity contribution in [3.8, 4) is 0 Å². The number of nitrogens with zero attached hydrogens (tertiary/aromatic N) is 2. The van der Waals surface area contributed by atoms with Crippen LogP contribution in [-0.4, -0.2) is 20.6 Å². The van der Waals surface area contributed by atoms with E-state index >= 15 is 0 Å². The Kier molecular flexibility index (Phi) is 3.07. The lowest BCUT2D eigenvalue weighted by Gasteiger charge is -2.06. The molecule has 1 N–H and O–H groups in total. The Bertz CT molecular complexity index is 577. The molecule has 1 aromatic carbocycles. The number of halogens is 1. The maximum Gasteiger partial charge on any atom is 0.305 e. The normalized spacial score (nSPS) is 12.9. The number of aromatic nitrogens is 2. The van der Waals surface area contributed by atoms with Crippen LogP contribution in [0.25, 0.3) is 11.0 Å². The highest BCUT2D eigenvalue weighted by Gasteiger charge is 2.14. The quantitative estimate of drug-likeness (QED) is 0.855. The van der Waals surface area contributed by atoms with E-state index in [-0.39, 0.29) is 6.42 Å². The number of rotatable bonds is 3. The molecule has 0 aliphatic rings. The zero-order valence-electron chi connectivity index (χ0n) is 9.64. The maximum atomic E-state index is 10.6. The Morgan fingerprint density at radius 3 is 2.94 bits per heavy atom. The molecule has 1 aromatic heterocycles. The molecule has 1 unspecified atom stereocenters. The van der Waals surface area contributed by atoms with E-state index in [2.05, 4.69) is 4.98 Å². The fourth-order valence-electron chi connectivity index (χ4n) is 1.80. The van der Waals surface area contributed by atoms with E-state index < -0.39 is 11.3 Å². The number of carboxylic acids is 1. The smallest absolute Gasteiger partial charge is 0.305 e. The Hall–Kier alpha value is -1.55. The highest BCUT2D eigenvalue weighted by Crippen LogP contribution is 2.27. The van der Waals surface area contributed by atoms with Crippen LogP contribution in [0, 0.1) is 6.92 Å². The van der Waals surface area contributed by atoms with Gasteiger partial charge < -0.3 is 9.67 Å². The molecule has 4 nitrogen and oxygen atoms in total. The molecule has 2 aromatic rings. The van der Waals surface area contributed by atoms with Crippen molar-refractivity contribution in [3.63, 3.8) is 0 Å². The van der Waals surface area contributed by atoms with Crippen LogP contribution in [0.1, 0.15) is 23.2 Å². The van der Waals surface area contributed by atoms with Crippen LogP contribution in [0.5, 0.6) is 0 Å². The second kappa shape index (κ2) is 4.37. The standard InChI is InChI=1S/C12H13ClN2O2/c1-7-14-10-5-8(9(13)6-12(16)17)3-4-11(10)15(7)2/h3-5,9H,6H2,1-2H3,(H,16,17). The lowest BCUT2D eigenvalue weighted by molar-refractivity contribution is -0.137. The topological polar surface area (TPSA) is 55.1 Å². The van der Waals surface area contributed by atoms with Crippen LogP contribution in [0.2, 0.25) is 0 Å². The van der Waals surface area contributed by atoms with Gasteiger partial charge in [0.2, 0.25) is 0 Å². The van der Waals surface area contributed by atoms with Gasteiger partial charge in [0.25, 0.3) is 0 Å². The number of alkyl halides is 1. The largest absolute Gasteiger partial charge is 0.481 e. The van der Waals surface area contributed by atoms with E-state index in [4.69, 9.17) is 16.7 Å². The SMILES string of the molecule is Cc1nc2cc(C(Cl)CC(=O)O)ccc2n1C. The first-order valence-electron chi connectivity index (χ1n) is 5.28. The molecule has 0 amide bonds. The van der Waals surface area contributed by atoms with Gasteiger partial charge in [0.1, 0.15) is 5.82 Å². The van der Waals surface area contributed by atoms with Crippen molar-refractivity contribution >= 4 is 28.6 Å². The van der Waals surface area contributed by atoms with Gasteiger partial charge >= 0.3 is 5.97 Å². The molecule has 2 rings (SSSR count). The fraction of sp³-hybridized carbons (Fsp3) is 0.333. The zero-order chi connectivity index (χ0) is 12.6. The monoisotopic (exact) mass is 252 g/mol. The number of hydrogen-bond donors (Lipinski definition) is 1. The number of carbonyl (C=O) groups is 1. The van der Waals surface area contributed by atoms with E-state index in [1.807, 2.05) is 36.7 Å². The molecule has 0 spiro atoms. The van der Waals surface area contributed by atoms with Crippen molar-refractivity contribution < 1.29 is 9.90 Å². The second-order valence-electron chi connectivity index (χ2n) is 4.03. The summed E-state index contributed by atoms with van der Waals surface area (Å²) in [5.41, 5.74) is 2.66. The third-order valence-corrected chi connectivity index (χ3v) is 3.25. The molecule has 17 heavy (non-hydrogen) atoms. The van der Waals surface area contributed by atoms with Gasteiger partial charge in [-0.15, -0.1) is 11.6 Å². The first-order chi connectivity index (χ1) is 7.99. The van der Waals surface area contributed by atoms with Crippen LogP contribution in [-0.2, 0) is 11.8 Å². The number of carboxylic acid groups (broad SMARTS) is 1. The molecule has 0 saturated heterocycles. The van der Waals surface area contributed by atoms with E-state index in [0.717, 1.165) is 22.4 Å². The number of aryl methyl sites for hydroxylation is 2. The average molecular weight is 253 g/mol. The lowest BCUT2D eigenvalue weighted by Crippen LogP contribution is -2.00. The first-order valence-corrected chi connectivity index (χ1v) is 5.71. The highest BCUT2D eigenvalue weighted by molar-refractivity contribution is 6.21. The molecule has 90 valence electrons. The van der Waals surface area contributed by atoms with Crippen molar-refractivity contribution in [3.05, 3.63) is 29.6 Å². The van der Waals surface area contributed by atoms with Crippen molar-refractivity contribution in [1.29, 1.82) is 0 Å². The van der Waals surface area contributed by atoms with Gasteiger partial charge in [0.05, 0.1) is 22.8 Å². The van der Waals surface area contributed by atoms with Crippen molar-refractivity contribution in [1.82, 2.24) is 9.55 Å². The predicted molar refractivity (Wildman–Crippen MR) is 66.3 cm³/mol. The average Bonchev–Trinajstić information content (AvgIpc) is 2.53. The molecule has 5 heteroatoms. The van der Waals surface area contributed by atoms with E-state index in [1.54, 1.807) is 0 Å². The van der Waals surface area contributed by atoms with Crippen molar-refractivity contribution in [2.45, 2.75) is 18.7 Å². The van der Waals surface area contributed by atoms with E-state index in [0.29, 0.717) is 0 Å². The summed E-state index contributed by atoms with van der Waals surface area (Å²) in [6, 6.07) is 5.62. The van der Waals surface area contributed by atoms with Crippen LogP contribution < -0.4 is 0 Å². The molecular weight excluding hydrogens is 240 g/mol. The number of fused-ring (bicyclic) bond motifs is 1. The second-order valence-corrected chi connectivity index (χ2v) is 4.56. The summed E-state index contributed by atoms with van der Waals surface area (Å²) in [6.07, 6.45) is -0.0844. The van der Waals surface area contributed by atoms with Crippen molar-refractivity contribution in [2.75, 3.05) is 0 Å². The van der Waals surface area contributed by atoms with Gasteiger partial charge in [0.15, 0.2) is 0 Å². The molecule has 1 heterocycles. The van der Waals surface area contributed by atoms with Crippen LogP contribution >= 0.6 is 11.6 Å². The van der Waals surface area contributed by atoms with Crippen molar-refractivity contribution in [2.24, 2.45) is 7.05 Å². The van der Waals surface area contributed by atoms with Crippen LogP contribution in [0.15, 0.2) is 18.2 Å². The number of imidazole rings is 1. The summed E-state index contributed by atoms with van der Waals surface area (Å²) in [5.74, 6) is 0.0174. The van der Waals surface area contributed by atoms with Crippen LogP contribution in [0.3, 0.4) is 0 Å². The molecule has 0 aliphatic carbocycles. The Balaban J connectivity index is 2.41. The van der Waals surface area contributed by atoms with Gasteiger partial charge in [-0.1, -0.05) is 6.07 Å². The molecule has 0 aliphatic heterocycles. The number of benzene rings is 1. The predicted octanol–water partition coefficient (Wildman–Crippen LogP) is 2.64. The lowest BCUT2D eigenvalue weighted by atomic mass is 10.1. The van der Waals surface area contributed by atoms with E-state index in [1.165, 1.54) is 0 Å². The Labute approximate surface area is 104 Å². The Morgan fingerprint density at radius 2 is 2.29 bits per heavy atom. The summed E-state index contributed by atoms with van der Waals surface area (Å²) < 4.78 is 1.99. The minimum atomic E-state index is -0.901. The molecule has 1 atom stereocenters. The summed E-state index contributed by atoms with van der Waals surface area (Å²) in [5, 5.41) is 8.19. The molecule has 0 fully saturated rings. The summed E-state index contributed by atoms with van der Waals surface area (Å²) in [4.78, 5) is 15.0. The fourth-order valence-corrected chi connectivity index (χ4v) is 2.07. The van der Waals surface area contributed by atoms with Gasteiger partial charge in [-0.2, -0.15) is 0 Å². The third kappa shape index (κ3) is 2.26. The number of hydrogen-bond acceptors (Lipinski definition) is 2. The Morgan fingerprint density at radius 1 is 1.59 bits per heavy atom. The molecule has 0 bridgehead atoms. The molecule has 0 saturated carbocycles. The van der Waals surface area contributed by atoms with Gasteiger partial charge in [0, 0.05) is 7.05 Å². The maximum absolute atomic E-state index is 10.6. The number of aliphatic carboxylic acids is 1. The highest BCUT2D eigenvalue weighted by atomic mass is 35.5. The summed E-state index contributed by atoms with van der Waals surface area (Å²) in [6.45, 7) is 1.93. The first kappa shape index (κ1) is 11.9. The zero-order valence-corrected chi connectivity index (χ0v) is 10.4. The van der Waals surface area contributed by atoms with Gasteiger partial charge in [-0.25, -0.2) is 4.98 Å². The van der Waals surface area contributed by atoms with E-state index in [9.17, 15) is 4.79 Å². The summed E-state index contributed by atoms with van der Waals surface area (Å²) in [7, 11) is 1.94. The van der Waals surface area contributed by atoms with Crippen LogP contribution in [0.4, 0.5) is 0 Å². The minimum Gasteiger partial charge on any atom is -0.481 e.